The molecular weight excluding hydrogens is 439 g/mol. The first-order chi connectivity index (χ1) is 11.1. The summed E-state index contributed by atoms with van der Waals surface area (Å²) in [6, 6.07) is 7.91. The van der Waals surface area contributed by atoms with Gasteiger partial charge in [0.15, 0.2) is 0 Å². The van der Waals surface area contributed by atoms with E-state index in [-0.39, 0.29) is 30.7 Å². The Morgan fingerprint density at radius 2 is 1.50 bits per heavy atom. The number of hydrogen-bond donors (Lipinski definition) is 0. The summed E-state index contributed by atoms with van der Waals surface area (Å²) in [6.45, 7) is -0.610. The van der Waals surface area contributed by atoms with Crippen LogP contribution in [0.5, 0.6) is 0 Å². The monoisotopic (exact) mass is 445 g/mol. The normalized spacial score (nSPS) is 11.4. The molecule has 0 bridgehead atoms. The van der Waals surface area contributed by atoms with Gasteiger partial charge in [0.2, 0.25) is 5.24 Å². The Morgan fingerprint density at radius 3 is 2.00 bits per heavy atom. The summed E-state index contributed by atoms with van der Waals surface area (Å²) in [4.78, 5) is 11.2. The number of benzene rings is 2. The number of carbonyl (C=O) groups is 1. The van der Waals surface area contributed by atoms with Gasteiger partial charge in [0.05, 0.1) is 20.6 Å². The molecule has 0 amide bonds. The van der Waals surface area contributed by atoms with Gasteiger partial charge in [-0.15, -0.1) is 0 Å². The molecule has 0 saturated carbocycles. The van der Waals surface area contributed by atoms with Crippen molar-refractivity contribution in [3.8, 4) is 0 Å². The molecule has 0 aliphatic rings. The van der Waals surface area contributed by atoms with Crippen LogP contribution < -0.4 is 4.31 Å². The maximum atomic E-state index is 12.9. The summed E-state index contributed by atoms with van der Waals surface area (Å²) in [6.07, 6.45) is 0. The Hall–Kier alpha value is -0.690. The average molecular weight is 448 g/mol. The Labute approximate surface area is 163 Å². The first-order valence-corrected chi connectivity index (χ1v) is 9.56. The van der Waals surface area contributed by atoms with Crippen LogP contribution in [-0.2, 0) is 14.8 Å². The Kier molecular flexibility index (Phi) is 6.29. The van der Waals surface area contributed by atoms with E-state index >= 15 is 0 Å². The first-order valence-electron chi connectivity index (χ1n) is 6.23. The molecule has 0 atom stereocenters. The van der Waals surface area contributed by atoms with Crippen LogP contribution in [0.2, 0.25) is 20.1 Å². The van der Waals surface area contributed by atoms with Crippen LogP contribution in [0, 0.1) is 0 Å². The lowest BCUT2D eigenvalue weighted by atomic mass is 10.3. The molecular formula is C14H8Cl5NO3S. The highest BCUT2D eigenvalue weighted by atomic mass is 35.5. The fourth-order valence-electron chi connectivity index (χ4n) is 1.88. The molecule has 10 heteroatoms. The SMILES string of the molecule is O=C(Cl)CN(c1cc(Cl)cc(Cl)c1)S(=O)(=O)c1ccc(Cl)c(Cl)c1. The molecule has 0 fully saturated rings. The van der Waals surface area contributed by atoms with Gasteiger partial charge in [-0.1, -0.05) is 46.4 Å². The number of sulfonamides is 1. The maximum Gasteiger partial charge on any atom is 0.264 e. The lowest BCUT2D eigenvalue weighted by molar-refractivity contribution is -0.110. The third-order valence-electron chi connectivity index (χ3n) is 2.88. The molecule has 0 saturated heterocycles. The van der Waals surface area contributed by atoms with Crippen molar-refractivity contribution in [1.82, 2.24) is 0 Å². The number of halogens is 5. The van der Waals surface area contributed by atoms with E-state index in [1.165, 1.54) is 36.4 Å². The van der Waals surface area contributed by atoms with Crippen molar-refractivity contribution in [2.24, 2.45) is 0 Å². The number of anilines is 1. The summed E-state index contributed by atoms with van der Waals surface area (Å²) in [5, 5.41) is -0.224. The van der Waals surface area contributed by atoms with Gasteiger partial charge in [-0.25, -0.2) is 8.42 Å². The van der Waals surface area contributed by atoms with Crippen molar-refractivity contribution in [3.05, 3.63) is 56.5 Å². The number of carbonyl (C=O) groups excluding carboxylic acids is 1. The summed E-state index contributed by atoms with van der Waals surface area (Å²) in [7, 11) is -4.15. The maximum absolute atomic E-state index is 12.9. The van der Waals surface area contributed by atoms with E-state index in [1.54, 1.807) is 0 Å². The quantitative estimate of drug-likeness (QED) is 0.588. The minimum atomic E-state index is -4.15. The predicted molar refractivity (Wildman–Crippen MR) is 98.3 cm³/mol. The minimum Gasteiger partial charge on any atom is -0.279 e. The van der Waals surface area contributed by atoms with Gasteiger partial charge in [-0.3, -0.25) is 9.10 Å². The number of nitrogens with zero attached hydrogens (tertiary/aromatic N) is 1. The molecule has 128 valence electrons. The highest BCUT2D eigenvalue weighted by Crippen LogP contribution is 2.32. The van der Waals surface area contributed by atoms with Gasteiger partial charge in [0.25, 0.3) is 10.0 Å². The second-order valence-corrected chi connectivity index (χ2v) is 8.54. The Balaban J connectivity index is 2.61. The van der Waals surface area contributed by atoms with Crippen LogP contribution in [0.1, 0.15) is 0 Å². The Bertz CT molecular complexity index is 881. The van der Waals surface area contributed by atoms with E-state index in [0.717, 1.165) is 4.31 Å². The second kappa shape index (κ2) is 7.68. The van der Waals surface area contributed by atoms with Gasteiger partial charge in [0.1, 0.15) is 6.54 Å². The van der Waals surface area contributed by atoms with Crippen molar-refractivity contribution in [1.29, 1.82) is 0 Å². The highest BCUT2D eigenvalue weighted by molar-refractivity contribution is 7.92. The topological polar surface area (TPSA) is 54.5 Å². The zero-order valence-electron chi connectivity index (χ0n) is 11.6. The summed E-state index contributed by atoms with van der Waals surface area (Å²) < 4.78 is 26.6. The molecule has 0 radical (unpaired) electrons. The van der Waals surface area contributed by atoms with E-state index in [1.807, 2.05) is 0 Å². The summed E-state index contributed by atoms with van der Waals surface area (Å²) in [5.41, 5.74) is 0.0903. The van der Waals surface area contributed by atoms with Gasteiger partial charge in [-0.2, -0.15) is 0 Å². The Morgan fingerprint density at radius 1 is 0.917 bits per heavy atom. The zero-order valence-corrected chi connectivity index (χ0v) is 16.2. The van der Waals surface area contributed by atoms with Crippen molar-refractivity contribution in [2.45, 2.75) is 4.90 Å². The third-order valence-corrected chi connectivity index (χ3v) is 5.95. The van der Waals surface area contributed by atoms with Gasteiger partial charge in [0, 0.05) is 10.0 Å². The van der Waals surface area contributed by atoms with E-state index in [9.17, 15) is 13.2 Å². The fraction of sp³-hybridized carbons (Fsp3) is 0.0714. The third kappa shape index (κ3) is 4.48. The van der Waals surface area contributed by atoms with Crippen LogP contribution in [0.25, 0.3) is 0 Å². The number of hydrogen-bond acceptors (Lipinski definition) is 3. The largest absolute Gasteiger partial charge is 0.279 e. The molecule has 4 nitrogen and oxygen atoms in total. The molecule has 24 heavy (non-hydrogen) atoms. The molecule has 2 aromatic rings. The lowest BCUT2D eigenvalue weighted by Gasteiger charge is -2.23. The highest BCUT2D eigenvalue weighted by Gasteiger charge is 2.27. The second-order valence-electron chi connectivity index (χ2n) is 4.57. The van der Waals surface area contributed by atoms with Crippen molar-refractivity contribution >= 4 is 79.0 Å². The van der Waals surface area contributed by atoms with Crippen molar-refractivity contribution < 1.29 is 13.2 Å². The van der Waals surface area contributed by atoms with Crippen LogP contribution in [0.4, 0.5) is 5.69 Å². The smallest absolute Gasteiger partial charge is 0.264 e. The lowest BCUT2D eigenvalue weighted by Crippen LogP contribution is -2.34. The van der Waals surface area contributed by atoms with Crippen molar-refractivity contribution in [2.75, 3.05) is 10.8 Å². The molecule has 0 unspecified atom stereocenters. The standard InChI is InChI=1S/C14H8Cl5NO3S/c15-8-3-9(16)5-10(4-8)20(7-14(19)21)24(22,23)11-1-2-12(17)13(18)6-11/h1-6H,7H2. The van der Waals surface area contributed by atoms with Gasteiger partial charge in [-0.05, 0) is 48.0 Å². The first kappa shape index (κ1) is 19.6. The fourth-order valence-corrected chi connectivity index (χ4v) is 4.37. The van der Waals surface area contributed by atoms with E-state index in [0.29, 0.717) is 0 Å². The molecule has 0 aromatic heterocycles. The molecule has 0 aliphatic heterocycles. The van der Waals surface area contributed by atoms with Crippen LogP contribution in [0.3, 0.4) is 0 Å². The van der Waals surface area contributed by atoms with Crippen LogP contribution in [-0.4, -0.2) is 20.2 Å². The molecule has 2 rings (SSSR count). The van der Waals surface area contributed by atoms with Gasteiger partial charge >= 0.3 is 0 Å². The molecule has 0 aliphatic carbocycles. The molecule has 2 aromatic carbocycles. The van der Waals surface area contributed by atoms with E-state index in [2.05, 4.69) is 0 Å². The van der Waals surface area contributed by atoms with Crippen molar-refractivity contribution in [3.63, 3.8) is 0 Å². The predicted octanol–water partition coefficient (Wildman–Crippen LogP) is 5.26. The van der Waals surface area contributed by atoms with Crippen LogP contribution in [0.15, 0.2) is 41.3 Å². The minimum absolute atomic E-state index is 0.0546. The van der Waals surface area contributed by atoms with Crippen LogP contribution >= 0.6 is 58.0 Å². The van der Waals surface area contributed by atoms with Gasteiger partial charge < -0.3 is 0 Å². The summed E-state index contributed by atoms with van der Waals surface area (Å²) >= 11 is 28.9. The van der Waals surface area contributed by atoms with E-state index < -0.39 is 21.8 Å². The van der Waals surface area contributed by atoms with E-state index in [4.69, 9.17) is 58.0 Å². The average Bonchev–Trinajstić information content (AvgIpc) is 2.46. The molecule has 0 N–H and O–H groups in total. The molecule has 0 heterocycles. The number of rotatable bonds is 5. The zero-order chi connectivity index (χ0) is 18.1. The molecule has 0 spiro atoms. The summed E-state index contributed by atoms with van der Waals surface area (Å²) in [5.74, 6) is 0.